The fourth-order valence-electron chi connectivity index (χ4n) is 3.84. The first-order chi connectivity index (χ1) is 17.1. The number of aromatic hydroxyl groups is 1. The Balaban J connectivity index is 3.08. The van der Waals surface area contributed by atoms with Crippen molar-refractivity contribution < 1.29 is 24.2 Å². The zero-order chi connectivity index (χ0) is 27.0. The van der Waals surface area contributed by atoms with Crippen LogP contribution in [0, 0.1) is 0 Å². The summed E-state index contributed by atoms with van der Waals surface area (Å²) in [6.07, 6.45) is 8.46. The number of phenols is 1. The van der Waals surface area contributed by atoms with Crippen molar-refractivity contribution in [2.24, 2.45) is 0 Å². The largest absolute Gasteiger partial charge is 0.508 e. The van der Waals surface area contributed by atoms with Crippen LogP contribution < -0.4 is 10.6 Å². The van der Waals surface area contributed by atoms with E-state index in [-0.39, 0.29) is 24.1 Å². The molecule has 0 aliphatic rings. The third kappa shape index (κ3) is 12.8. The minimum atomic E-state index is -0.865. The Morgan fingerprint density at radius 1 is 0.889 bits per heavy atom. The van der Waals surface area contributed by atoms with Crippen molar-refractivity contribution in [3.8, 4) is 5.75 Å². The molecule has 1 atom stereocenters. The number of unbranched alkanes of at least 4 members (excludes halogenated alkanes) is 7. The average Bonchev–Trinajstić information content (AvgIpc) is 2.81. The van der Waals surface area contributed by atoms with Gasteiger partial charge >= 0.3 is 6.09 Å². The van der Waals surface area contributed by atoms with E-state index in [1.807, 2.05) is 0 Å². The Morgan fingerprint density at radius 3 is 2.08 bits per heavy atom. The lowest BCUT2D eigenvalue weighted by Crippen LogP contribution is -2.48. The molecule has 0 fully saturated rings. The van der Waals surface area contributed by atoms with Gasteiger partial charge in [-0.3, -0.25) is 9.59 Å². The van der Waals surface area contributed by atoms with E-state index in [1.54, 1.807) is 37.8 Å². The maximum atomic E-state index is 13.4. The quantitative estimate of drug-likeness (QED) is 0.259. The van der Waals surface area contributed by atoms with Gasteiger partial charge in [-0.25, -0.2) is 4.79 Å². The normalized spacial score (nSPS) is 12.0. The zero-order valence-corrected chi connectivity index (χ0v) is 22.9. The molecule has 1 unspecified atom stereocenters. The van der Waals surface area contributed by atoms with Crippen LogP contribution in [-0.4, -0.2) is 53.1 Å². The Morgan fingerprint density at radius 2 is 1.47 bits per heavy atom. The first-order valence-electron chi connectivity index (χ1n) is 13.4. The second-order valence-electron chi connectivity index (χ2n) is 10.2. The van der Waals surface area contributed by atoms with Gasteiger partial charge in [-0.1, -0.05) is 70.9 Å². The van der Waals surface area contributed by atoms with Gasteiger partial charge in [0.05, 0.1) is 0 Å². The van der Waals surface area contributed by atoms with E-state index in [0.717, 1.165) is 51.4 Å². The maximum Gasteiger partial charge on any atom is 0.408 e. The van der Waals surface area contributed by atoms with Gasteiger partial charge in [0, 0.05) is 13.1 Å². The molecule has 0 aromatic heterocycles. The van der Waals surface area contributed by atoms with Gasteiger partial charge in [0.1, 0.15) is 23.9 Å². The van der Waals surface area contributed by atoms with E-state index in [9.17, 15) is 19.5 Å². The van der Waals surface area contributed by atoms with Crippen LogP contribution in [0.15, 0.2) is 24.3 Å². The molecule has 0 spiro atoms. The number of benzene rings is 1. The minimum absolute atomic E-state index is 0.0845. The number of nitrogens with one attached hydrogen (secondary N) is 2. The second-order valence-corrected chi connectivity index (χ2v) is 10.2. The molecule has 0 heterocycles. The van der Waals surface area contributed by atoms with Crippen LogP contribution in [0.1, 0.15) is 104 Å². The first kappa shape index (κ1) is 31.3. The SMILES string of the molecule is CCCCCCCCN(C(=O)CNC(=O)OC(C)(C)C)C(C(=O)NCCCCC)c1ccc(O)cc1. The summed E-state index contributed by atoms with van der Waals surface area (Å²) in [5.41, 5.74) is -0.0736. The molecule has 0 bridgehead atoms. The van der Waals surface area contributed by atoms with Crippen LogP contribution in [0.25, 0.3) is 0 Å². The Hall–Kier alpha value is -2.77. The molecule has 0 saturated heterocycles. The van der Waals surface area contributed by atoms with Crippen molar-refractivity contribution in [1.82, 2.24) is 15.5 Å². The van der Waals surface area contributed by atoms with Gasteiger partial charge in [-0.05, 0) is 51.3 Å². The van der Waals surface area contributed by atoms with Gasteiger partial charge in [0.25, 0.3) is 0 Å². The third-order valence-electron chi connectivity index (χ3n) is 5.70. The van der Waals surface area contributed by atoms with Crippen LogP contribution in [0.3, 0.4) is 0 Å². The summed E-state index contributed by atoms with van der Waals surface area (Å²) in [7, 11) is 0. The Labute approximate surface area is 217 Å². The number of ether oxygens (including phenoxy) is 1. The number of phenolic OH excluding ortho intramolecular Hbond substituents is 1. The predicted octanol–water partition coefficient (Wildman–Crippen LogP) is 5.45. The van der Waals surface area contributed by atoms with Gasteiger partial charge < -0.3 is 25.4 Å². The smallest absolute Gasteiger partial charge is 0.408 e. The monoisotopic (exact) mass is 505 g/mol. The summed E-state index contributed by atoms with van der Waals surface area (Å²) >= 11 is 0. The number of carbonyl (C=O) groups is 3. The van der Waals surface area contributed by atoms with E-state index >= 15 is 0 Å². The van der Waals surface area contributed by atoms with Crippen molar-refractivity contribution in [3.63, 3.8) is 0 Å². The fourth-order valence-corrected chi connectivity index (χ4v) is 3.84. The lowest BCUT2D eigenvalue weighted by molar-refractivity contribution is -0.140. The zero-order valence-electron chi connectivity index (χ0n) is 22.9. The number of rotatable bonds is 16. The third-order valence-corrected chi connectivity index (χ3v) is 5.70. The highest BCUT2D eigenvalue weighted by Crippen LogP contribution is 2.24. The molecule has 8 heteroatoms. The molecule has 0 aliphatic heterocycles. The summed E-state index contributed by atoms with van der Waals surface area (Å²) in [5.74, 6) is -0.550. The van der Waals surface area contributed by atoms with Crippen molar-refractivity contribution >= 4 is 17.9 Å². The minimum Gasteiger partial charge on any atom is -0.508 e. The average molecular weight is 506 g/mol. The molecule has 204 valence electrons. The molecule has 0 saturated carbocycles. The molecule has 3 N–H and O–H groups in total. The highest BCUT2D eigenvalue weighted by Gasteiger charge is 2.31. The number of amides is 3. The molecule has 8 nitrogen and oxygen atoms in total. The lowest BCUT2D eigenvalue weighted by atomic mass is 10.0. The molecular weight excluding hydrogens is 458 g/mol. The van der Waals surface area contributed by atoms with Gasteiger partial charge in [-0.2, -0.15) is 0 Å². The van der Waals surface area contributed by atoms with E-state index < -0.39 is 17.7 Å². The molecule has 1 rings (SSSR count). The number of nitrogens with zero attached hydrogens (tertiary/aromatic N) is 1. The van der Waals surface area contributed by atoms with Crippen molar-refractivity contribution in [2.45, 2.75) is 104 Å². The summed E-state index contributed by atoms with van der Waals surface area (Å²) in [6.45, 7) is 10.2. The van der Waals surface area contributed by atoms with Crippen molar-refractivity contribution in [3.05, 3.63) is 29.8 Å². The van der Waals surface area contributed by atoms with Gasteiger partial charge in [-0.15, -0.1) is 0 Å². The van der Waals surface area contributed by atoms with E-state index in [0.29, 0.717) is 18.7 Å². The number of hydrogen-bond donors (Lipinski definition) is 3. The fraction of sp³-hybridized carbons (Fsp3) is 0.679. The molecule has 0 aliphatic carbocycles. The first-order valence-corrected chi connectivity index (χ1v) is 13.4. The second kappa shape index (κ2) is 16.8. The Bertz CT molecular complexity index is 789. The molecule has 0 radical (unpaired) electrons. The standard InChI is InChI=1S/C28H47N3O5/c1-6-8-10-11-12-14-20-31(24(33)21-30-27(35)36-28(3,4)5)25(22-15-17-23(32)18-16-22)26(34)29-19-13-9-7-2/h15-18,25,32H,6-14,19-21H2,1-5H3,(H,29,34)(H,30,35). The molecular formula is C28H47N3O5. The number of carbonyl (C=O) groups excluding carboxylic acids is 3. The van der Waals surface area contributed by atoms with E-state index in [2.05, 4.69) is 24.5 Å². The highest BCUT2D eigenvalue weighted by molar-refractivity contribution is 5.90. The van der Waals surface area contributed by atoms with Gasteiger partial charge in [0.15, 0.2) is 0 Å². The van der Waals surface area contributed by atoms with Crippen molar-refractivity contribution in [2.75, 3.05) is 19.6 Å². The Kier molecular flexibility index (Phi) is 14.6. The van der Waals surface area contributed by atoms with Crippen LogP contribution in [-0.2, 0) is 14.3 Å². The topological polar surface area (TPSA) is 108 Å². The summed E-state index contributed by atoms with van der Waals surface area (Å²) in [6, 6.07) is 5.48. The van der Waals surface area contributed by atoms with Crippen LogP contribution >= 0.6 is 0 Å². The highest BCUT2D eigenvalue weighted by atomic mass is 16.6. The van der Waals surface area contributed by atoms with Gasteiger partial charge in [0.2, 0.25) is 11.8 Å². The number of alkyl carbamates (subject to hydrolysis) is 1. The molecule has 1 aromatic carbocycles. The predicted molar refractivity (Wildman–Crippen MR) is 143 cm³/mol. The molecule has 3 amide bonds. The van der Waals surface area contributed by atoms with Crippen LogP contribution in [0.4, 0.5) is 4.79 Å². The van der Waals surface area contributed by atoms with Crippen molar-refractivity contribution in [1.29, 1.82) is 0 Å². The van der Waals surface area contributed by atoms with E-state index in [4.69, 9.17) is 4.74 Å². The van der Waals surface area contributed by atoms with Crippen LogP contribution in [0.2, 0.25) is 0 Å². The summed E-state index contributed by atoms with van der Waals surface area (Å²) < 4.78 is 5.26. The summed E-state index contributed by atoms with van der Waals surface area (Å²) in [4.78, 5) is 40.4. The number of hydrogen-bond acceptors (Lipinski definition) is 5. The van der Waals surface area contributed by atoms with E-state index in [1.165, 1.54) is 18.6 Å². The maximum absolute atomic E-state index is 13.4. The molecule has 36 heavy (non-hydrogen) atoms. The lowest BCUT2D eigenvalue weighted by Gasteiger charge is -2.32. The molecule has 1 aromatic rings. The summed E-state index contributed by atoms with van der Waals surface area (Å²) in [5, 5.41) is 15.3. The van der Waals surface area contributed by atoms with Crippen LogP contribution in [0.5, 0.6) is 5.75 Å².